The molecule has 0 aliphatic heterocycles. The first-order chi connectivity index (χ1) is 14.7. The molecule has 0 radical (unpaired) electrons. The third-order valence-corrected chi connectivity index (χ3v) is 5.94. The first kappa shape index (κ1) is 18.3. The Balaban J connectivity index is 1.36. The second-order valence-corrected chi connectivity index (χ2v) is 8.01. The molecule has 6 nitrogen and oxygen atoms in total. The molecule has 5 aromatic rings. The maximum absolute atomic E-state index is 12.8. The second kappa shape index (κ2) is 7.61. The summed E-state index contributed by atoms with van der Waals surface area (Å²) >= 11 is 1.71. The lowest BCUT2D eigenvalue weighted by molar-refractivity contribution is 0.102. The SMILES string of the molecule is Cn1c(-c2ccc3ccsc3c2)cnc1NC(=O)c1cccc(Cn2cccn2)c1. The Kier molecular flexibility index (Phi) is 4.65. The molecule has 1 amide bonds. The number of aromatic nitrogens is 4. The van der Waals surface area contributed by atoms with Gasteiger partial charge < -0.3 is 4.57 Å². The van der Waals surface area contributed by atoms with E-state index in [-0.39, 0.29) is 5.91 Å². The minimum absolute atomic E-state index is 0.189. The maximum atomic E-state index is 12.8. The number of hydrogen-bond donors (Lipinski definition) is 1. The van der Waals surface area contributed by atoms with Crippen molar-refractivity contribution in [1.82, 2.24) is 19.3 Å². The van der Waals surface area contributed by atoms with Gasteiger partial charge in [0.2, 0.25) is 5.95 Å². The van der Waals surface area contributed by atoms with Crippen LogP contribution in [0.1, 0.15) is 15.9 Å². The fourth-order valence-electron chi connectivity index (χ4n) is 3.47. The molecule has 1 N–H and O–H groups in total. The van der Waals surface area contributed by atoms with Gasteiger partial charge in [-0.25, -0.2) is 4.98 Å². The summed E-state index contributed by atoms with van der Waals surface area (Å²) in [4.78, 5) is 17.3. The summed E-state index contributed by atoms with van der Waals surface area (Å²) < 4.78 is 4.96. The summed E-state index contributed by atoms with van der Waals surface area (Å²) in [6.07, 6.45) is 5.43. The number of nitrogens with zero attached hydrogens (tertiary/aromatic N) is 4. The van der Waals surface area contributed by atoms with Crippen LogP contribution < -0.4 is 5.32 Å². The average molecular weight is 414 g/mol. The van der Waals surface area contributed by atoms with Crippen LogP contribution in [0.5, 0.6) is 0 Å². The van der Waals surface area contributed by atoms with E-state index in [0.29, 0.717) is 18.1 Å². The van der Waals surface area contributed by atoms with Gasteiger partial charge in [-0.15, -0.1) is 11.3 Å². The van der Waals surface area contributed by atoms with Crippen molar-refractivity contribution in [1.29, 1.82) is 0 Å². The predicted octanol–water partition coefficient (Wildman–Crippen LogP) is 4.80. The largest absolute Gasteiger partial charge is 0.313 e. The number of imidazole rings is 1. The average Bonchev–Trinajstić information content (AvgIpc) is 3.50. The van der Waals surface area contributed by atoms with Crippen LogP contribution in [0, 0.1) is 0 Å². The van der Waals surface area contributed by atoms with Crippen LogP contribution in [-0.4, -0.2) is 25.2 Å². The molecule has 0 fully saturated rings. The highest BCUT2D eigenvalue weighted by molar-refractivity contribution is 7.17. The first-order valence-corrected chi connectivity index (χ1v) is 10.4. The van der Waals surface area contributed by atoms with E-state index in [1.165, 1.54) is 10.1 Å². The van der Waals surface area contributed by atoms with E-state index in [1.807, 2.05) is 46.8 Å². The fourth-order valence-corrected chi connectivity index (χ4v) is 4.30. The number of rotatable bonds is 5. The number of anilines is 1. The number of carbonyl (C=O) groups is 1. The summed E-state index contributed by atoms with van der Waals surface area (Å²) in [6.45, 7) is 0.617. The number of fused-ring (bicyclic) bond motifs is 1. The lowest BCUT2D eigenvalue weighted by Gasteiger charge is -2.09. The van der Waals surface area contributed by atoms with Crippen molar-refractivity contribution in [3.63, 3.8) is 0 Å². The predicted molar refractivity (Wildman–Crippen MR) is 120 cm³/mol. The number of benzene rings is 2. The number of carbonyl (C=O) groups excluding carboxylic acids is 1. The molecule has 0 unspecified atom stereocenters. The van der Waals surface area contributed by atoms with E-state index in [1.54, 1.807) is 29.8 Å². The van der Waals surface area contributed by atoms with Crippen molar-refractivity contribution in [2.75, 3.05) is 5.32 Å². The highest BCUT2D eigenvalue weighted by atomic mass is 32.1. The quantitative estimate of drug-likeness (QED) is 0.450. The lowest BCUT2D eigenvalue weighted by atomic mass is 10.1. The molecule has 0 saturated carbocycles. The van der Waals surface area contributed by atoms with E-state index in [9.17, 15) is 4.79 Å². The van der Waals surface area contributed by atoms with E-state index < -0.39 is 0 Å². The summed E-state index contributed by atoms with van der Waals surface area (Å²) in [5, 5.41) is 10.5. The van der Waals surface area contributed by atoms with Gasteiger partial charge in [0.05, 0.1) is 18.4 Å². The van der Waals surface area contributed by atoms with Crippen molar-refractivity contribution >= 4 is 33.3 Å². The molecular formula is C23H19N5OS. The number of amides is 1. The molecule has 2 aromatic carbocycles. The molecule has 0 aliphatic carbocycles. The first-order valence-electron chi connectivity index (χ1n) is 9.54. The van der Waals surface area contributed by atoms with Crippen LogP contribution in [-0.2, 0) is 13.6 Å². The zero-order chi connectivity index (χ0) is 20.5. The topological polar surface area (TPSA) is 64.7 Å². The van der Waals surface area contributed by atoms with Crippen molar-refractivity contribution in [2.24, 2.45) is 7.05 Å². The molecule has 0 bridgehead atoms. The van der Waals surface area contributed by atoms with Crippen LogP contribution in [0.2, 0.25) is 0 Å². The number of hydrogen-bond acceptors (Lipinski definition) is 4. The number of nitrogens with one attached hydrogen (secondary N) is 1. The van der Waals surface area contributed by atoms with Gasteiger partial charge in [0, 0.05) is 35.3 Å². The van der Waals surface area contributed by atoms with Crippen LogP contribution in [0.25, 0.3) is 21.3 Å². The Labute approximate surface area is 177 Å². The molecule has 0 spiro atoms. The van der Waals surface area contributed by atoms with Gasteiger partial charge in [-0.2, -0.15) is 5.10 Å². The maximum Gasteiger partial charge on any atom is 0.257 e. The molecule has 3 aromatic heterocycles. The van der Waals surface area contributed by atoms with Gasteiger partial charge in [-0.3, -0.25) is 14.8 Å². The molecule has 30 heavy (non-hydrogen) atoms. The van der Waals surface area contributed by atoms with Gasteiger partial charge >= 0.3 is 0 Å². The van der Waals surface area contributed by atoms with E-state index in [4.69, 9.17) is 0 Å². The molecule has 0 aliphatic rings. The van der Waals surface area contributed by atoms with Gasteiger partial charge in [-0.05, 0) is 46.7 Å². The normalized spacial score (nSPS) is 11.1. The smallest absolute Gasteiger partial charge is 0.257 e. The van der Waals surface area contributed by atoms with Crippen molar-refractivity contribution in [3.05, 3.63) is 89.7 Å². The Hall–Kier alpha value is -3.71. The molecule has 148 valence electrons. The van der Waals surface area contributed by atoms with E-state index in [0.717, 1.165) is 16.8 Å². The van der Waals surface area contributed by atoms with Gasteiger partial charge in [0.25, 0.3) is 5.91 Å². The third-order valence-electron chi connectivity index (χ3n) is 5.06. The molecule has 3 heterocycles. The summed E-state index contributed by atoms with van der Waals surface area (Å²) in [6, 6.07) is 17.9. The Bertz CT molecular complexity index is 1330. The second-order valence-electron chi connectivity index (χ2n) is 7.06. The highest BCUT2D eigenvalue weighted by Gasteiger charge is 2.14. The molecule has 5 rings (SSSR count). The Morgan fingerprint density at radius 2 is 2.07 bits per heavy atom. The van der Waals surface area contributed by atoms with Crippen LogP contribution in [0.4, 0.5) is 5.95 Å². The Morgan fingerprint density at radius 1 is 1.13 bits per heavy atom. The van der Waals surface area contributed by atoms with Crippen molar-refractivity contribution in [3.8, 4) is 11.3 Å². The third kappa shape index (κ3) is 3.51. The highest BCUT2D eigenvalue weighted by Crippen LogP contribution is 2.28. The zero-order valence-electron chi connectivity index (χ0n) is 16.3. The molecule has 7 heteroatoms. The van der Waals surface area contributed by atoms with Crippen LogP contribution >= 0.6 is 11.3 Å². The molecule has 0 saturated heterocycles. The minimum Gasteiger partial charge on any atom is -0.313 e. The summed E-state index contributed by atoms with van der Waals surface area (Å²) in [5.74, 6) is 0.324. The molecule has 0 atom stereocenters. The van der Waals surface area contributed by atoms with Gasteiger partial charge in [-0.1, -0.05) is 24.3 Å². The fraction of sp³-hybridized carbons (Fsp3) is 0.0870. The monoisotopic (exact) mass is 413 g/mol. The summed E-state index contributed by atoms with van der Waals surface area (Å²) in [5.41, 5.74) is 3.62. The minimum atomic E-state index is -0.189. The Morgan fingerprint density at radius 3 is 2.93 bits per heavy atom. The van der Waals surface area contributed by atoms with E-state index >= 15 is 0 Å². The van der Waals surface area contributed by atoms with Crippen LogP contribution in [0.15, 0.2) is 78.6 Å². The summed E-state index contributed by atoms with van der Waals surface area (Å²) in [7, 11) is 1.91. The zero-order valence-corrected chi connectivity index (χ0v) is 17.1. The molecular weight excluding hydrogens is 394 g/mol. The lowest BCUT2D eigenvalue weighted by Crippen LogP contribution is -2.15. The van der Waals surface area contributed by atoms with Gasteiger partial charge in [0.1, 0.15) is 0 Å². The van der Waals surface area contributed by atoms with Crippen molar-refractivity contribution < 1.29 is 4.79 Å². The number of thiophene rings is 1. The van der Waals surface area contributed by atoms with Crippen molar-refractivity contribution in [2.45, 2.75) is 6.54 Å². The van der Waals surface area contributed by atoms with Crippen LogP contribution in [0.3, 0.4) is 0 Å². The van der Waals surface area contributed by atoms with E-state index in [2.05, 4.69) is 45.0 Å². The van der Waals surface area contributed by atoms with Gasteiger partial charge in [0.15, 0.2) is 0 Å². The standard InChI is InChI=1S/C23H19N5OS/c1-27-20(18-7-6-17-8-11-30-21(17)13-18)14-24-23(27)26-22(29)19-5-2-4-16(12-19)15-28-10-3-9-25-28/h2-14H,15H2,1H3,(H,24,26,29).